The Hall–Kier alpha value is -5.28. The van der Waals surface area contributed by atoms with Gasteiger partial charge in [-0.3, -0.25) is 24.6 Å². The topological polar surface area (TPSA) is 179 Å². The molecule has 1 spiro atoms. The number of piperidine rings is 2. The number of nitrogens with zero attached hydrogens (tertiary/aromatic N) is 5. The molecule has 3 saturated heterocycles. The molecule has 4 aliphatic rings. The highest BCUT2D eigenvalue weighted by atomic mass is 32.2. The second kappa shape index (κ2) is 17.0. The van der Waals surface area contributed by atoms with Crippen molar-refractivity contribution in [1.82, 2.24) is 24.5 Å². The fraction of sp³-hybridized carbons (Fsp3) is 0.465. The predicted molar refractivity (Wildman–Crippen MR) is 220 cm³/mol. The molecule has 3 aromatic carbocycles. The number of fused-ring (bicyclic) bond motifs is 1. The third-order valence-corrected chi connectivity index (χ3v) is 14.2. The van der Waals surface area contributed by atoms with Gasteiger partial charge in [-0.05, 0) is 99.2 Å². The Labute approximate surface area is 347 Å². The van der Waals surface area contributed by atoms with E-state index in [9.17, 15) is 23.3 Å². The Kier molecular flexibility index (Phi) is 11.7. The molecule has 3 aliphatic heterocycles. The molecule has 8 rings (SSSR count). The van der Waals surface area contributed by atoms with E-state index in [0.29, 0.717) is 41.4 Å². The second-order valence-corrected chi connectivity index (χ2v) is 18.1. The van der Waals surface area contributed by atoms with Crippen LogP contribution in [0.3, 0.4) is 0 Å². The van der Waals surface area contributed by atoms with Gasteiger partial charge in [-0.25, -0.2) is 13.8 Å². The summed E-state index contributed by atoms with van der Waals surface area (Å²) in [5.74, 6) is -1.81. The van der Waals surface area contributed by atoms with Crippen LogP contribution in [-0.2, 0) is 24.5 Å². The number of imide groups is 1. The van der Waals surface area contributed by atoms with Crippen LogP contribution in [0.2, 0.25) is 0 Å². The minimum absolute atomic E-state index is 0.0302. The van der Waals surface area contributed by atoms with Gasteiger partial charge in [0.2, 0.25) is 11.8 Å². The van der Waals surface area contributed by atoms with Gasteiger partial charge >= 0.3 is 10.2 Å². The van der Waals surface area contributed by atoms with Crippen LogP contribution >= 0.6 is 0 Å². The van der Waals surface area contributed by atoms with E-state index in [2.05, 4.69) is 25.2 Å². The number of amides is 2. The van der Waals surface area contributed by atoms with E-state index in [1.54, 1.807) is 31.3 Å². The molecule has 0 radical (unpaired) electrons. The number of nitriles is 1. The van der Waals surface area contributed by atoms with Crippen LogP contribution in [-0.4, -0.2) is 90.4 Å². The zero-order chi connectivity index (χ0) is 42.2. The average molecular weight is 843 g/mol. The number of likely N-dealkylation sites (tertiary alicyclic amines) is 1. The summed E-state index contributed by atoms with van der Waals surface area (Å²) in [7, 11) is -2.59. The Balaban J connectivity index is 0.860. The van der Waals surface area contributed by atoms with Crippen molar-refractivity contribution < 1.29 is 36.3 Å². The van der Waals surface area contributed by atoms with Crippen LogP contribution in [0, 0.1) is 23.0 Å². The van der Waals surface area contributed by atoms with Gasteiger partial charge in [0.25, 0.3) is 0 Å². The number of nitrogens with one attached hydrogen (secondary N) is 3. The molecule has 4 fully saturated rings. The molecular formula is C43H48F2N8O6S. The number of benzene rings is 3. The van der Waals surface area contributed by atoms with Gasteiger partial charge in [-0.2, -0.15) is 18.0 Å². The van der Waals surface area contributed by atoms with Gasteiger partial charge in [-0.15, -0.1) is 0 Å². The number of ether oxygens (including phenoxy) is 2. The Morgan fingerprint density at radius 1 is 1.02 bits per heavy atom. The van der Waals surface area contributed by atoms with Crippen molar-refractivity contribution in [3.63, 3.8) is 0 Å². The molecule has 14 nitrogen and oxygen atoms in total. The summed E-state index contributed by atoms with van der Waals surface area (Å²) in [5, 5.41) is 15.3. The highest BCUT2D eigenvalue weighted by Crippen LogP contribution is 2.45. The summed E-state index contributed by atoms with van der Waals surface area (Å²) >= 11 is 0. The second-order valence-electron chi connectivity index (χ2n) is 16.3. The van der Waals surface area contributed by atoms with Crippen molar-refractivity contribution in [1.29, 1.82) is 5.26 Å². The fourth-order valence-corrected chi connectivity index (χ4v) is 9.98. The number of anilines is 2. The maximum atomic E-state index is 15.3. The molecular weight excluding hydrogens is 795 g/mol. The van der Waals surface area contributed by atoms with Gasteiger partial charge in [0.1, 0.15) is 29.2 Å². The van der Waals surface area contributed by atoms with Crippen LogP contribution in [0.4, 0.5) is 20.2 Å². The number of hydrogen-bond donors (Lipinski definition) is 3. The monoisotopic (exact) mass is 842 g/mol. The van der Waals surface area contributed by atoms with Crippen molar-refractivity contribution in [2.45, 2.75) is 94.2 Å². The van der Waals surface area contributed by atoms with Crippen LogP contribution in [0.15, 0.2) is 54.7 Å². The first-order valence-corrected chi connectivity index (χ1v) is 22.0. The maximum Gasteiger partial charge on any atom is 0.301 e. The van der Waals surface area contributed by atoms with Gasteiger partial charge in [-0.1, -0.05) is 13.0 Å². The number of halogens is 2. The molecule has 1 aromatic heterocycles. The van der Waals surface area contributed by atoms with E-state index < -0.39 is 27.8 Å². The summed E-state index contributed by atoms with van der Waals surface area (Å²) in [4.78, 5) is 35.7. The van der Waals surface area contributed by atoms with Crippen molar-refractivity contribution in [2.24, 2.45) is 0 Å². The van der Waals surface area contributed by atoms with E-state index in [1.165, 1.54) is 19.2 Å². The van der Waals surface area contributed by atoms with Crippen LogP contribution in [0.5, 0.6) is 11.5 Å². The van der Waals surface area contributed by atoms with E-state index in [-0.39, 0.29) is 65.0 Å². The van der Waals surface area contributed by atoms with E-state index in [1.807, 2.05) is 18.2 Å². The maximum absolute atomic E-state index is 15.3. The fourth-order valence-electron chi connectivity index (χ4n) is 9.04. The summed E-state index contributed by atoms with van der Waals surface area (Å²) < 4.78 is 71.6. The summed E-state index contributed by atoms with van der Waals surface area (Å²) in [5.41, 5.74) is 2.50. The lowest BCUT2D eigenvalue weighted by molar-refractivity contribution is -0.133. The molecule has 4 aromatic rings. The van der Waals surface area contributed by atoms with Crippen LogP contribution < -0.4 is 20.1 Å². The van der Waals surface area contributed by atoms with Crippen molar-refractivity contribution >= 4 is 44.4 Å². The van der Waals surface area contributed by atoms with Gasteiger partial charge in [0.05, 0.1) is 34.6 Å². The zero-order valence-corrected chi connectivity index (χ0v) is 34.4. The minimum Gasteiger partial charge on any atom is -0.453 e. The molecule has 1 saturated carbocycles. The van der Waals surface area contributed by atoms with Crippen LogP contribution in [0.25, 0.3) is 11.0 Å². The van der Waals surface area contributed by atoms with E-state index >= 15 is 8.78 Å². The summed E-state index contributed by atoms with van der Waals surface area (Å²) in [6, 6.07) is 14.0. The lowest BCUT2D eigenvalue weighted by Crippen LogP contribution is -2.48. The highest BCUT2D eigenvalue weighted by molar-refractivity contribution is 7.90. The molecule has 3 N–H and O–H groups in total. The Bertz CT molecular complexity index is 2450. The number of carbonyl (C=O) groups excluding carboxylic acids is 2. The summed E-state index contributed by atoms with van der Waals surface area (Å²) in [6.07, 6.45) is 8.78. The number of rotatable bonds is 11. The molecule has 2 unspecified atom stereocenters. The predicted octanol–water partition coefficient (Wildman–Crippen LogP) is 6.46. The lowest BCUT2D eigenvalue weighted by Gasteiger charge is -2.44. The normalized spacial score (nSPS) is 23.4. The van der Waals surface area contributed by atoms with Gasteiger partial charge in [0.15, 0.2) is 11.6 Å². The third kappa shape index (κ3) is 8.65. The van der Waals surface area contributed by atoms with E-state index in [4.69, 9.17) is 14.5 Å². The molecule has 316 valence electrons. The summed E-state index contributed by atoms with van der Waals surface area (Å²) in [6.45, 7) is 4.20. The van der Waals surface area contributed by atoms with Crippen molar-refractivity contribution in [3.05, 3.63) is 83.2 Å². The first kappa shape index (κ1) is 41.5. The molecule has 17 heteroatoms. The number of hydrogen-bond acceptors (Lipinski definition) is 11. The Morgan fingerprint density at radius 2 is 1.80 bits per heavy atom. The molecule has 1 aliphatic carbocycles. The average Bonchev–Trinajstić information content (AvgIpc) is 3.66. The zero-order valence-electron chi connectivity index (χ0n) is 33.5. The number of carbonyl (C=O) groups is 2. The SMILES string of the molecule is CCN(C)S(=O)(=O)Nc1ccc(F)c(Oc2ccc3ncc(C4COC5(CCN(C6CCC(c7ccc(NC8CCC(=O)NC8=O)cc7F)CC6)CC5)C4)nc3c2)c1C#N. The minimum atomic E-state index is -3.98. The lowest BCUT2D eigenvalue weighted by atomic mass is 9.79. The van der Waals surface area contributed by atoms with Crippen molar-refractivity contribution in [2.75, 3.05) is 43.3 Å². The largest absolute Gasteiger partial charge is 0.453 e. The van der Waals surface area contributed by atoms with Crippen molar-refractivity contribution in [3.8, 4) is 17.6 Å². The number of aromatic nitrogens is 2. The molecule has 2 amide bonds. The smallest absolute Gasteiger partial charge is 0.301 e. The highest BCUT2D eigenvalue weighted by Gasteiger charge is 2.45. The van der Waals surface area contributed by atoms with Gasteiger partial charge < -0.3 is 19.7 Å². The standard InChI is InChI=1S/C43H48F2N8O6S/c1-3-52(2)60(56,57)51-35-13-11-33(44)41(32(35)23-46)59-30-9-12-36-38(21-30)49-39(24-47-36)27-22-43(58-25-27)16-18-53(19-17-43)29-7-4-26(5-8-29)31-10-6-28(20-34(31)45)48-37-14-15-40(54)50-42(37)55/h6,9-13,20-21,24,26-27,29,37,48,51H,3-5,7-8,14-19,22,25H2,1-2H3,(H,50,54,55). The third-order valence-electron chi connectivity index (χ3n) is 12.6. The molecule has 60 heavy (non-hydrogen) atoms. The molecule has 4 heterocycles. The quantitative estimate of drug-likeness (QED) is 0.141. The molecule has 2 atom stereocenters. The first-order chi connectivity index (χ1) is 28.8. The van der Waals surface area contributed by atoms with Gasteiger partial charge in [0, 0.05) is 63.0 Å². The van der Waals surface area contributed by atoms with E-state index in [0.717, 1.165) is 74.1 Å². The molecule has 0 bridgehead atoms. The Morgan fingerprint density at radius 3 is 2.52 bits per heavy atom. The van der Waals surface area contributed by atoms with Crippen LogP contribution in [0.1, 0.15) is 93.4 Å². The first-order valence-electron chi connectivity index (χ1n) is 20.5.